The number of para-hydroxylation sites is 1. The molecule has 0 aromatic heterocycles. The molecule has 1 amide bonds. The van der Waals surface area contributed by atoms with Crippen molar-refractivity contribution in [3.8, 4) is 11.5 Å². The number of fused-ring (bicyclic) bond motifs is 1. The maximum Gasteiger partial charge on any atom is 0.344 e. The summed E-state index contributed by atoms with van der Waals surface area (Å²) < 4.78 is 16.3. The average Bonchev–Trinajstić information content (AvgIpc) is 2.94. The first kappa shape index (κ1) is 19.0. The maximum absolute atomic E-state index is 11.9. The summed E-state index contributed by atoms with van der Waals surface area (Å²) >= 11 is 5.78. The Morgan fingerprint density at radius 3 is 2.63 bits per heavy atom. The van der Waals surface area contributed by atoms with E-state index in [0.717, 1.165) is 12.0 Å². The summed E-state index contributed by atoms with van der Waals surface area (Å²) in [4.78, 5) is 23.7. The lowest BCUT2D eigenvalue weighted by Gasteiger charge is -2.18. The van der Waals surface area contributed by atoms with E-state index in [1.54, 1.807) is 30.3 Å². The zero-order chi connectivity index (χ0) is 19.4. The van der Waals surface area contributed by atoms with Crippen LogP contribution in [0, 0.1) is 0 Å². The highest BCUT2D eigenvalue weighted by molar-refractivity contribution is 6.30. The highest BCUT2D eigenvalue weighted by Gasteiger charge is 2.32. The van der Waals surface area contributed by atoms with Crippen LogP contribution < -0.4 is 14.8 Å². The number of hydrogen-bond acceptors (Lipinski definition) is 5. The second kappa shape index (κ2) is 7.88. The molecule has 0 saturated heterocycles. The number of anilines is 1. The second-order valence-corrected chi connectivity index (χ2v) is 7.22. The quantitative estimate of drug-likeness (QED) is 0.764. The van der Waals surface area contributed by atoms with Crippen molar-refractivity contribution in [3.05, 3.63) is 53.1 Å². The molecule has 0 bridgehead atoms. The van der Waals surface area contributed by atoms with Crippen molar-refractivity contribution >= 4 is 29.2 Å². The van der Waals surface area contributed by atoms with Crippen LogP contribution in [0.25, 0.3) is 0 Å². The molecule has 0 spiro atoms. The maximum atomic E-state index is 11.9. The molecule has 0 saturated carbocycles. The monoisotopic (exact) mass is 389 g/mol. The number of benzene rings is 2. The summed E-state index contributed by atoms with van der Waals surface area (Å²) in [6.07, 6.45) is 0.773. The highest BCUT2D eigenvalue weighted by atomic mass is 35.5. The molecule has 6 nitrogen and oxygen atoms in total. The van der Waals surface area contributed by atoms with Gasteiger partial charge < -0.3 is 19.5 Å². The summed E-state index contributed by atoms with van der Waals surface area (Å²) in [5.41, 5.74) is 1.30. The Kier molecular flexibility index (Phi) is 5.56. The van der Waals surface area contributed by atoms with Crippen LogP contribution in [0.15, 0.2) is 42.5 Å². The Labute approximate surface area is 162 Å². The van der Waals surface area contributed by atoms with E-state index in [1.807, 2.05) is 26.0 Å². The Morgan fingerprint density at radius 1 is 1.15 bits per heavy atom. The van der Waals surface area contributed by atoms with Gasteiger partial charge in [-0.15, -0.1) is 0 Å². The summed E-state index contributed by atoms with van der Waals surface area (Å²) in [5.74, 6) is 0.0453. The van der Waals surface area contributed by atoms with E-state index in [2.05, 4.69) is 5.32 Å². The molecule has 2 aromatic rings. The lowest BCUT2D eigenvalue weighted by Crippen LogP contribution is -2.25. The Bertz CT molecular complexity index is 848. The zero-order valence-corrected chi connectivity index (χ0v) is 15.8. The van der Waals surface area contributed by atoms with Crippen molar-refractivity contribution in [3.63, 3.8) is 0 Å². The minimum atomic E-state index is -0.642. The molecule has 2 aromatic carbocycles. The fourth-order valence-corrected chi connectivity index (χ4v) is 2.88. The molecule has 3 rings (SSSR count). The molecular formula is C20H20ClNO5. The van der Waals surface area contributed by atoms with Crippen LogP contribution in [-0.2, 0) is 20.7 Å². The highest BCUT2D eigenvalue weighted by Crippen LogP contribution is 2.41. The first-order valence-electron chi connectivity index (χ1n) is 8.47. The fraction of sp³-hybridized carbons (Fsp3) is 0.300. The predicted molar refractivity (Wildman–Crippen MR) is 101 cm³/mol. The van der Waals surface area contributed by atoms with Gasteiger partial charge in [0.15, 0.2) is 24.7 Å². The molecule has 1 aliphatic rings. The van der Waals surface area contributed by atoms with E-state index in [1.165, 1.54) is 0 Å². The van der Waals surface area contributed by atoms with E-state index in [9.17, 15) is 9.59 Å². The molecule has 0 unspecified atom stereocenters. The van der Waals surface area contributed by atoms with Crippen LogP contribution >= 0.6 is 11.6 Å². The van der Waals surface area contributed by atoms with Crippen LogP contribution in [-0.4, -0.2) is 30.7 Å². The molecule has 142 valence electrons. The van der Waals surface area contributed by atoms with Crippen molar-refractivity contribution in [1.82, 2.24) is 0 Å². The van der Waals surface area contributed by atoms with Crippen molar-refractivity contribution < 1.29 is 23.8 Å². The van der Waals surface area contributed by atoms with Gasteiger partial charge in [0.05, 0.1) is 0 Å². The standard InChI is InChI=1S/C20H20ClNO5/c1-20(2)10-13-4-3-5-16(19(13)27-20)25-12-18(24)26-11-17(23)22-15-8-6-14(21)7-9-15/h3-9H,10-12H2,1-2H3,(H,22,23). The molecular weight excluding hydrogens is 370 g/mol. The molecule has 0 aliphatic carbocycles. The van der Waals surface area contributed by atoms with Gasteiger partial charge in [0.1, 0.15) is 5.60 Å². The summed E-state index contributed by atoms with van der Waals surface area (Å²) in [7, 11) is 0. The number of carbonyl (C=O) groups is 2. The lowest BCUT2D eigenvalue weighted by molar-refractivity contribution is -0.149. The minimum absolute atomic E-state index is 0.304. The van der Waals surface area contributed by atoms with Gasteiger partial charge in [-0.1, -0.05) is 23.7 Å². The molecule has 0 fully saturated rings. The number of hydrogen-bond donors (Lipinski definition) is 1. The molecule has 7 heteroatoms. The smallest absolute Gasteiger partial charge is 0.344 e. The van der Waals surface area contributed by atoms with E-state index in [4.69, 9.17) is 25.8 Å². The van der Waals surface area contributed by atoms with Crippen LogP contribution in [0.2, 0.25) is 5.02 Å². The number of rotatable bonds is 6. The number of carbonyl (C=O) groups excluding carboxylic acids is 2. The SMILES string of the molecule is CC1(C)Cc2cccc(OCC(=O)OCC(=O)Nc3ccc(Cl)cc3)c2O1. The largest absolute Gasteiger partial charge is 0.483 e. The zero-order valence-electron chi connectivity index (χ0n) is 15.1. The number of nitrogens with one attached hydrogen (secondary N) is 1. The van der Waals surface area contributed by atoms with Gasteiger partial charge in [-0.2, -0.15) is 0 Å². The number of amides is 1. The van der Waals surface area contributed by atoms with Crippen molar-refractivity contribution in [1.29, 1.82) is 0 Å². The normalized spacial score (nSPS) is 14.0. The van der Waals surface area contributed by atoms with E-state index in [0.29, 0.717) is 22.2 Å². The third-order valence-electron chi connectivity index (χ3n) is 3.89. The molecule has 27 heavy (non-hydrogen) atoms. The lowest BCUT2D eigenvalue weighted by atomic mass is 10.0. The van der Waals surface area contributed by atoms with Crippen LogP contribution in [0.4, 0.5) is 5.69 Å². The van der Waals surface area contributed by atoms with E-state index < -0.39 is 18.5 Å². The second-order valence-electron chi connectivity index (χ2n) is 6.79. The van der Waals surface area contributed by atoms with Crippen molar-refractivity contribution in [2.24, 2.45) is 0 Å². The Balaban J connectivity index is 1.46. The van der Waals surface area contributed by atoms with Crippen molar-refractivity contribution in [2.75, 3.05) is 18.5 Å². The van der Waals surface area contributed by atoms with Gasteiger partial charge in [-0.3, -0.25) is 4.79 Å². The molecule has 0 radical (unpaired) electrons. The van der Waals surface area contributed by atoms with Crippen molar-refractivity contribution in [2.45, 2.75) is 25.9 Å². The molecule has 0 atom stereocenters. The predicted octanol–water partition coefficient (Wildman–Crippen LogP) is 3.61. The van der Waals surface area contributed by atoms with Crippen LogP contribution in [0.1, 0.15) is 19.4 Å². The summed E-state index contributed by atoms with van der Waals surface area (Å²) in [6, 6.07) is 12.2. The number of ether oxygens (including phenoxy) is 3. The third-order valence-corrected chi connectivity index (χ3v) is 4.14. The van der Waals surface area contributed by atoms with Gasteiger partial charge in [-0.05, 0) is 44.2 Å². The first-order chi connectivity index (χ1) is 12.8. The topological polar surface area (TPSA) is 73.9 Å². The van der Waals surface area contributed by atoms with Gasteiger partial charge >= 0.3 is 5.97 Å². The fourth-order valence-electron chi connectivity index (χ4n) is 2.76. The number of esters is 1. The minimum Gasteiger partial charge on any atom is -0.483 e. The van der Waals surface area contributed by atoms with E-state index >= 15 is 0 Å². The first-order valence-corrected chi connectivity index (χ1v) is 8.85. The molecule has 1 aliphatic heterocycles. The van der Waals surface area contributed by atoms with Gasteiger partial charge in [0.2, 0.25) is 0 Å². The van der Waals surface area contributed by atoms with Gasteiger partial charge in [0, 0.05) is 22.7 Å². The van der Waals surface area contributed by atoms with Gasteiger partial charge in [-0.25, -0.2) is 4.79 Å². The Morgan fingerprint density at radius 2 is 1.89 bits per heavy atom. The van der Waals surface area contributed by atoms with Gasteiger partial charge in [0.25, 0.3) is 5.91 Å². The number of halogens is 1. The molecule has 1 heterocycles. The summed E-state index contributed by atoms with van der Waals surface area (Å²) in [6.45, 7) is 3.27. The van der Waals surface area contributed by atoms with E-state index in [-0.39, 0.29) is 12.2 Å². The average molecular weight is 390 g/mol. The summed E-state index contributed by atoms with van der Waals surface area (Å²) in [5, 5.41) is 3.17. The third kappa shape index (κ3) is 5.14. The van der Waals surface area contributed by atoms with Crippen LogP contribution in [0.5, 0.6) is 11.5 Å². The Hall–Kier alpha value is -2.73. The van der Waals surface area contributed by atoms with Crippen LogP contribution in [0.3, 0.4) is 0 Å². The molecule has 1 N–H and O–H groups in total.